The minimum Gasteiger partial charge on any atom is -0.392 e. The monoisotopic (exact) mass is 222 g/mol. The van der Waals surface area contributed by atoms with Crippen molar-refractivity contribution in [2.45, 2.75) is 46.3 Å². The van der Waals surface area contributed by atoms with Crippen molar-refractivity contribution in [3.63, 3.8) is 0 Å². The molecule has 0 unspecified atom stereocenters. The highest BCUT2D eigenvalue weighted by molar-refractivity contribution is 5.47. The predicted octanol–water partition coefficient (Wildman–Crippen LogP) is 2.51. The van der Waals surface area contributed by atoms with Crippen molar-refractivity contribution in [3.05, 3.63) is 23.4 Å². The Morgan fingerprint density at radius 2 is 2.00 bits per heavy atom. The Labute approximate surface area is 98.1 Å². The van der Waals surface area contributed by atoms with Crippen molar-refractivity contribution in [1.29, 1.82) is 0 Å². The fraction of sp³-hybridized carbons (Fsp3) is 0.615. The van der Waals surface area contributed by atoms with Gasteiger partial charge in [-0.25, -0.2) is 4.98 Å². The molecule has 3 heteroatoms. The lowest BCUT2D eigenvalue weighted by Gasteiger charge is -2.28. The van der Waals surface area contributed by atoms with Gasteiger partial charge in [-0.05, 0) is 37.0 Å². The van der Waals surface area contributed by atoms with Crippen molar-refractivity contribution in [2.24, 2.45) is 0 Å². The summed E-state index contributed by atoms with van der Waals surface area (Å²) in [5.41, 5.74) is 2.00. The molecule has 0 aliphatic heterocycles. The zero-order valence-corrected chi connectivity index (χ0v) is 10.7. The molecule has 1 N–H and O–H groups in total. The Kier molecular flexibility index (Phi) is 4.74. The number of anilines is 1. The Hall–Kier alpha value is -1.09. The van der Waals surface area contributed by atoms with Crippen LogP contribution in [0.5, 0.6) is 0 Å². The first-order valence-corrected chi connectivity index (χ1v) is 5.93. The number of aliphatic hydroxyl groups is 1. The largest absolute Gasteiger partial charge is 0.392 e. The van der Waals surface area contributed by atoms with Crippen LogP contribution in [0.1, 0.15) is 37.8 Å². The fourth-order valence-corrected chi connectivity index (χ4v) is 2.09. The number of hydrogen-bond acceptors (Lipinski definition) is 3. The van der Waals surface area contributed by atoms with Crippen LogP contribution in [-0.2, 0) is 6.61 Å². The third kappa shape index (κ3) is 2.73. The van der Waals surface area contributed by atoms with Gasteiger partial charge in [-0.2, -0.15) is 0 Å². The van der Waals surface area contributed by atoms with Crippen LogP contribution in [0.4, 0.5) is 5.82 Å². The molecule has 0 fully saturated rings. The van der Waals surface area contributed by atoms with E-state index in [1.165, 1.54) is 0 Å². The van der Waals surface area contributed by atoms with Crippen molar-refractivity contribution < 1.29 is 5.11 Å². The standard InChI is InChI=1S/C13H22N2O/c1-5-12(6-2)15(4)13-10(3)7-11(9-16)8-14-13/h7-8,12,16H,5-6,9H2,1-4H3. The molecular formula is C13H22N2O. The van der Waals surface area contributed by atoms with Crippen molar-refractivity contribution >= 4 is 5.82 Å². The number of nitrogens with zero attached hydrogens (tertiary/aromatic N) is 2. The summed E-state index contributed by atoms with van der Waals surface area (Å²) in [4.78, 5) is 6.66. The molecular weight excluding hydrogens is 200 g/mol. The predicted molar refractivity (Wildman–Crippen MR) is 67.7 cm³/mol. The van der Waals surface area contributed by atoms with Crippen LogP contribution in [0.3, 0.4) is 0 Å². The summed E-state index contributed by atoms with van der Waals surface area (Å²) in [5, 5.41) is 9.04. The molecule has 0 aromatic carbocycles. The Morgan fingerprint density at radius 3 is 2.44 bits per heavy atom. The molecule has 0 spiro atoms. The number of rotatable bonds is 5. The van der Waals surface area contributed by atoms with Gasteiger partial charge in [-0.1, -0.05) is 13.8 Å². The number of aromatic nitrogens is 1. The molecule has 0 amide bonds. The number of hydrogen-bond donors (Lipinski definition) is 1. The summed E-state index contributed by atoms with van der Waals surface area (Å²) in [5.74, 6) is 1.02. The average Bonchev–Trinajstić information content (AvgIpc) is 2.30. The van der Waals surface area contributed by atoms with Gasteiger partial charge in [0, 0.05) is 19.3 Å². The van der Waals surface area contributed by atoms with Gasteiger partial charge in [0.25, 0.3) is 0 Å². The summed E-state index contributed by atoms with van der Waals surface area (Å²) < 4.78 is 0. The summed E-state index contributed by atoms with van der Waals surface area (Å²) in [6.45, 7) is 6.49. The first-order chi connectivity index (χ1) is 7.63. The van der Waals surface area contributed by atoms with Gasteiger partial charge >= 0.3 is 0 Å². The van der Waals surface area contributed by atoms with Crippen molar-refractivity contribution in [1.82, 2.24) is 4.98 Å². The summed E-state index contributed by atoms with van der Waals surface area (Å²) in [7, 11) is 2.09. The van der Waals surface area contributed by atoms with Crippen LogP contribution in [-0.4, -0.2) is 23.2 Å². The molecule has 0 saturated carbocycles. The summed E-state index contributed by atoms with van der Waals surface area (Å²) >= 11 is 0. The summed E-state index contributed by atoms with van der Waals surface area (Å²) in [6, 6.07) is 2.53. The van der Waals surface area contributed by atoms with E-state index in [0.29, 0.717) is 6.04 Å². The van der Waals surface area contributed by atoms with Gasteiger partial charge < -0.3 is 10.0 Å². The van der Waals surface area contributed by atoms with E-state index in [-0.39, 0.29) is 6.61 Å². The van der Waals surface area contributed by atoms with E-state index in [1.807, 2.05) is 13.0 Å². The maximum atomic E-state index is 9.04. The molecule has 90 valence electrons. The Morgan fingerprint density at radius 1 is 1.38 bits per heavy atom. The van der Waals surface area contributed by atoms with Gasteiger partial charge in [-0.3, -0.25) is 0 Å². The highest BCUT2D eigenvalue weighted by Gasteiger charge is 2.14. The Balaban J connectivity index is 2.95. The molecule has 0 aliphatic rings. The van der Waals surface area contributed by atoms with E-state index in [2.05, 4.69) is 30.8 Å². The molecule has 0 bridgehead atoms. The molecule has 1 aromatic heterocycles. The third-order valence-corrected chi connectivity index (χ3v) is 3.11. The molecule has 1 rings (SSSR count). The minimum absolute atomic E-state index is 0.0584. The van der Waals surface area contributed by atoms with Crippen LogP contribution in [0.15, 0.2) is 12.3 Å². The first-order valence-electron chi connectivity index (χ1n) is 5.93. The van der Waals surface area contributed by atoms with Gasteiger partial charge in [0.2, 0.25) is 0 Å². The molecule has 0 atom stereocenters. The second kappa shape index (κ2) is 5.85. The van der Waals surface area contributed by atoms with Gasteiger partial charge in [0.1, 0.15) is 5.82 Å². The van der Waals surface area contributed by atoms with E-state index in [4.69, 9.17) is 5.11 Å². The molecule has 0 radical (unpaired) electrons. The van der Waals surface area contributed by atoms with Crippen LogP contribution in [0, 0.1) is 6.92 Å². The quantitative estimate of drug-likeness (QED) is 0.831. The van der Waals surface area contributed by atoms with E-state index in [9.17, 15) is 0 Å². The van der Waals surface area contributed by atoms with Crippen LogP contribution < -0.4 is 4.90 Å². The van der Waals surface area contributed by atoms with Crippen molar-refractivity contribution in [3.8, 4) is 0 Å². The first kappa shape index (κ1) is 13.0. The van der Waals surface area contributed by atoms with Crippen LogP contribution in [0.25, 0.3) is 0 Å². The average molecular weight is 222 g/mol. The number of aliphatic hydroxyl groups excluding tert-OH is 1. The maximum Gasteiger partial charge on any atom is 0.131 e. The minimum atomic E-state index is 0.0584. The topological polar surface area (TPSA) is 36.4 Å². The lowest BCUT2D eigenvalue weighted by atomic mass is 10.1. The van der Waals surface area contributed by atoms with Crippen LogP contribution >= 0.6 is 0 Å². The normalized spacial score (nSPS) is 10.9. The highest BCUT2D eigenvalue weighted by atomic mass is 16.3. The van der Waals surface area contributed by atoms with E-state index in [0.717, 1.165) is 29.8 Å². The molecule has 16 heavy (non-hydrogen) atoms. The fourth-order valence-electron chi connectivity index (χ4n) is 2.09. The van der Waals surface area contributed by atoms with Gasteiger partial charge in [-0.15, -0.1) is 0 Å². The maximum absolute atomic E-state index is 9.04. The van der Waals surface area contributed by atoms with E-state index in [1.54, 1.807) is 6.20 Å². The van der Waals surface area contributed by atoms with Crippen molar-refractivity contribution in [2.75, 3.05) is 11.9 Å². The number of aryl methyl sites for hydroxylation is 1. The Bertz CT molecular complexity index is 335. The highest BCUT2D eigenvalue weighted by Crippen LogP contribution is 2.21. The lowest BCUT2D eigenvalue weighted by Crippen LogP contribution is -2.31. The lowest BCUT2D eigenvalue weighted by molar-refractivity contribution is 0.281. The summed E-state index contributed by atoms with van der Waals surface area (Å²) in [6.07, 6.45) is 3.99. The third-order valence-electron chi connectivity index (χ3n) is 3.11. The molecule has 0 saturated heterocycles. The second-order valence-electron chi connectivity index (χ2n) is 4.22. The van der Waals surface area contributed by atoms with E-state index < -0.39 is 0 Å². The van der Waals surface area contributed by atoms with Gasteiger partial charge in [0.05, 0.1) is 6.61 Å². The zero-order chi connectivity index (χ0) is 12.1. The number of pyridine rings is 1. The molecule has 0 aliphatic carbocycles. The molecule has 1 aromatic rings. The van der Waals surface area contributed by atoms with Crippen LogP contribution in [0.2, 0.25) is 0 Å². The second-order valence-corrected chi connectivity index (χ2v) is 4.22. The molecule has 3 nitrogen and oxygen atoms in total. The smallest absolute Gasteiger partial charge is 0.131 e. The zero-order valence-electron chi connectivity index (χ0n) is 10.7. The van der Waals surface area contributed by atoms with Gasteiger partial charge in [0.15, 0.2) is 0 Å². The van der Waals surface area contributed by atoms with E-state index >= 15 is 0 Å². The SMILES string of the molecule is CCC(CC)N(C)c1ncc(CO)cc1C. The molecule has 1 heterocycles.